The van der Waals surface area contributed by atoms with Crippen LogP contribution in [0.2, 0.25) is 5.02 Å². The third kappa shape index (κ3) is 5.36. The Kier molecular flexibility index (Phi) is 7.49. The summed E-state index contributed by atoms with van der Waals surface area (Å²) in [6.07, 6.45) is 13.9. The number of halogens is 1. The monoisotopic (exact) mass is 551 g/mol. The number of hydrogen-bond donors (Lipinski definition) is 1. The van der Waals surface area contributed by atoms with Gasteiger partial charge in [0.25, 0.3) is 5.89 Å². The lowest BCUT2D eigenvalue weighted by Crippen LogP contribution is -2.24. The van der Waals surface area contributed by atoms with Crippen molar-refractivity contribution < 1.29 is 9.15 Å². The molecule has 0 spiro atoms. The molecule has 1 unspecified atom stereocenters. The number of nitrogens with zero attached hydrogens (tertiary/aromatic N) is 6. The van der Waals surface area contributed by atoms with E-state index in [1.54, 1.807) is 19.5 Å². The number of hydrogen-bond acceptors (Lipinski definition) is 8. The fraction of sp³-hybridized carbons (Fsp3) is 0.571. The summed E-state index contributed by atoms with van der Waals surface area (Å²) in [5.41, 5.74) is 2.67. The zero-order chi connectivity index (χ0) is 26.9. The number of aromatic nitrogens is 7. The molecule has 4 aromatic rings. The predicted octanol–water partition coefficient (Wildman–Crippen LogP) is 5.98. The fourth-order valence-electron chi connectivity index (χ4n) is 6.33. The fourth-order valence-corrected chi connectivity index (χ4v) is 6.51. The second kappa shape index (κ2) is 11.2. The smallest absolute Gasteiger partial charge is 0.384 e. The van der Waals surface area contributed by atoms with E-state index in [0.717, 1.165) is 42.2 Å². The first kappa shape index (κ1) is 26.1. The first-order valence-electron chi connectivity index (χ1n) is 14.0. The van der Waals surface area contributed by atoms with Crippen LogP contribution in [0.5, 0.6) is 0 Å². The van der Waals surface area contributed by atoms with Gasteiger partial charge in [-0.3, -0.25) is 4.98 Å². The molecule has 4 heterocycles. The van der Waals surface area contributed by atoms with Crippen molar-refractivity contribution in [1.82, 2.24) is 34.7 Å². The summed E-state index contributed by atoms with van der Waals surface area (Å²) in [5, 5.41) is 6.76. The number of fused-ring (bicyclic) bond motifs is 1. The number of nitrogens with one attached hydrogen (secondary N) is 1. The molecular weight excluding hydrogens is 518 g/mol. The molecule has 0 radical (unpaired) electrons. The minimum absolute atomic E-state index is 0.00563. The minimum Gasteiger partial charge on any atom is -0.384 e. The summed E-state index contributed by atoms with van der Waals surface area (Å²) in [7, 11) is 1.78. The van der Waals surface area contributed by atoms with Gasteiger partial charge in [-0.25, -0.2) is 24.8 Å². The number of H-pyrrole nitrogens is 1. The molecule has 0 bridgehead atoms. The summed E-state index contributed by atoms with van der Waals surface area (Å²) in [6.45, 7) is 3.15. The van der Waals surface area contributed by atoms with E-state index in [-0.39, 0.29) is 17.8 Å². The quantitative estimate of drug-likeness (QED) is 0.297. The Morgan fingerprint density at radius 3 is 2.59 bits per heavy atom. The van der Waals surface area contributed by atoms with E-state index in [0.29, 0.717) is 28.2 Å². The topological polar surface area (TPSA) is 125 Å². The molecule has 4 aromatic heterocycles. The Hall–Kier alpha value is -3.11. The summed E-state index contributed by atoms with van der Waals surface area (Å²) < 4.78 is 13.7. The van der Waals surface area contributed by atoms with Gasteiger partial charge in [-0.05, 0) is 49.5 Å². The third-order valence-electron chi connectivity index (χ3n) is 8.40. The van der Waals surface area contributed by atoms with Gasteiger partial charge in [-0.2, -0.15) is 0 Å². The standard InChI is InChI=1S/C28H34ClN7O3/c1-16-8-10-17(11-9-16)15-36-22-21(19-12-20(29)14-30-13-19)31-25(27-34-35-28(37)39-27)32-24(22)33-26(36)23(38-2)18-6-4-3-5-7-18/h12-14,16-18,23H,3-11,15H2,1-2H3,(H,35,37). The van der Waals surface area contributed by atoms with Crippen molar-refractivity contribution >= 4 is 22.8 Å². The van der Waals surface area contributed by atoms with E-state index in [2.05, 4.69) is 26.7 Å². The van der Waals surface area contributed by atoms with E-state index in [4.69, 9.17) is 35.7 Å². The first-order chi connectivity index (χ1) is 19.0. The molecule has 2 aliphatic carbocycles. The van der Waals surface area contributed by atoms with Crippen molar-refractivity contribution in [3.05, 3.63) is 39.9 Å². The third-order valence-corrected chi connectivity index (χ3v) is 8.61. The molecule has 0 aliphatic heterocycles. The molecule has 10 nitrogen and oxygen atoms in total. The van der Waals surface area contributed by atoms with Crippen LogP contribution >= 0.6 is 11.6 Å². The van der Waals surface area contributed by atoms with E-state index in [1.807, 2.05) is 6.07 Å². The minimum atomic E-state index is -0.672. The lowest BCUT2D eigenvalue weighted by molar-refractivity contribution is 0.0259. The number of imidazole rings is 1. The lowest BCUT2D eigenvalue weighted by atomic mass is 9.82. The molecule has 2 aliphatic rings. The van der Waals surface area contributed by atoms with Gasteiger partial charge >= 0.3 is 5.76 Å². The molecule has 11 heteroatoms. The average molecular weight is 552 g/mol. The summed E-state index contributed by atoms with van der Waals surface area (Å²) >= 11 is 6.37. The molecule has 39 heavy (non-hydrogen) atoms. The van der Waals surface area contributed by atoms with Gasteiger partial charge in [0.2, 0.25) is 5.82 Å². The zero-order valence-corrected chi connectivity index (χ0v) is 23.2. The van der Waals surface area contributed by atoms with Crippen molar-refractivity contribution in [2.24, 2.45) is 17.8 Å². The number of rotatable bonds is 7. The van der Waals surface area contributed by atoms with Gasteiger partial charge in [0.05, 0.1) is 5.02 Å². The van der Waals surface area contributed by atoms with Gasteiger partial charge in [-0.1, -0.05) is 50.6 Å². The molecule has 2 fully saturated rings. The lowest BCUT2D eigenvalue weighted by Gasteiger charge is -2.31. The predicted molar refractivity (Wildman–Crippen MR) is 147 cm³/mol. The van der Waals surface area contributed by atoms with Crippen molar-refractivity contribution in [3.63, 3.8) is 0 Å². The Balaban J connectivity index is 1.57. The summed E-state index contributed by atoms with van der Waals surface area (Å²) in [5.74, 6) is 2.06. The van der Waals surface area contributed by atoms with Crippen molar-refractivity contribution in [3.8, 4) is 23.0 Å². The summed E-state index contributed by atoms with van der Waals surface area (Å²) in [4.78, 5) is 30.8. The van der Waals surface area contributed by atoms with Crippen LogP contribution in [0.3, 0.4) is 0 Å². The Labute approximate surface area is 231 Å². The number of ether oxygens (including phenoxy) is 1. The molecule has 2 saturated carbocycles. The van der Waals surface area contributed by atoms with Crippen LogP contribution in [-0.2, 0) is 11.3 Å². The Morgan fingerprint density at radius 1 is 1.10 bits per heavy atom. The van der Waals surface area contributed by atoms with E-state index in [9.17, 15) is 4.79 Å². The largest absolute Gasteiger partial charge is 0.434 e. The Morgan fingerprint density at radius 2 is 1.90 bits per heavy atom. The number of pyridine rings is 1. The van der Waals surface area contributed by atoms with Crippen LogP contribution in [0.25, 0.3) is 34.1 Å². The van der Waals surface area contributed by atoms with Crippen LogP contribution < -0.4 is 5.76 Å². The molecule has 0 amide bonds. The Bertz CT molecular complexity index is 1500. The maximum absolute atomic E-state index is 11.7. The van der Waals surface area contributed by atoms with Gasteiger partial charge < -0.3 is 13.7 Å². The van der Waals surface area contributed by atoms with Gasteiger partial charge in [-0.15, -0.1) is 5.10 Å². The SMILES string of the molecule is COC(c1nc2nc(-c3n[nH]c(=O)o3)nc(-c3cncc(Cl)c3)c2n1CC1CCC(C)CC1)C1CCCCC1. The molecule has 6 rings (SSSR count). The van der Waals surface area contributed by atoms with E-state index in [1.165, 1.54) is 44.9 Å². The van der Waals surface area contributed by atoms with Gasteiger partial charge in [0.15, 0.2) is 5.65 Å². The molecule has 1 atom stereocenters. The van der Waals surface area contributed by atoms with Crippen molar-refractivity contribution in [2.45, 2.75) is 77.4 Å². The van der Waals surface area contributed by atoms with E-state index < -0.39 is 5.76 Å². The van der Waals surface area contributed by atoms with E-state index >= 15 is 0 Å². The highest BCUT2D eigenvalue weighted by Crippen LogP contribution is 2.40. The maximum atomic E-state index is 11.7. The first-order valence-corrected chi connectivity index (χ1v) is 14.4. The van der Waals surface area contributed by atoms with Gasteiger partial charge in [0.1, 0.15) is 23.1 Å². The molecule has 0 saturated heterocycles. The highest BCUT2D eigenvalue weighted by molar-refractivity contribution is 6.30. The molecule has 1 N–H and O–H groups in total. The maximum Gasteiger partial charge on any atom is 0.434 e. The molecule has 206 valence electrons. The van der Waals surface area contributed by atoms with Crippen molar-refractivity contribution in [1.29, 1.82) is 0 Å². The van der Waals surface area contributed by atoms with Crippen molar-refractivity contribution in [2.75, 3.05) is 7.11 Å². The second-order valence-corrected chi connectivity index (χ2v) is 11.6. The highest BCUT2D eigenvalue weighted by Gasteiger charge is 2.33. The highest BCUT2D eigenvalue weighted by atomic mass is 35.5. The molecular formula is C28H34ClN7O3. The number of aromatic amines is 1. The normalized spacial score (nSPS) is 21.4. The average Bonchev–Trinajstić information content (AvgIpc) is 3.54. The second-order valence-electron chi connectivity index (χ2n) is 11.1. The van der Waals surface area contributed by atoms with Crippen LogP contribution in [0, 0.1) is 17.8 Å². The van der Waals surface area contributed by atoms with Crippen LogP contribution in [0.15, 0.2) is 27.7 Å². The molecule has 0 aromatic carbocycles. The van der Waals surface area contributed by atoms with Crippen LogP contribution in [0.4, 0.5) is 0 Å². The number of methoxy groups -OCH3 is 1. The zero-order valence-electron chi connectivity index (χ0n) is 22.4. The van der Waals surface area contributed by atoms with Gasteiger partial charge in [0, 0.05) is 31.6 Å². The summed E-state index contributed by atoms with van der Waals surface area (Å²) in [6, 6.07) is 1.83. The van der Waals surface area contributed by atoms with Crippen LogP contribution in [-0.4, -0.2) is 41.8 Å². The van der Waals surface area contributed by atoms with Crippen LogP contribution in [0.1, 0.15) is 76.6 Å².